The average molecular weight is 342 g/mol. The van der Waals surface area contributed by atoms with Crippen molar-refractivity contribution in [3.8, 4) is 11.3 Å². The Bertz CT molecular complexity index is 994. The quantitative estimate of drug-likeness (QED) is 0.787. The number of carbonyl (C=O) groups is 1. The number of nitrogens with zero attached hydrogens (tertiary/aromatic N) is 2. The van der Waals surface area contributed by atoms with Crippen LogP contribution in [0.5, 0.6) is 0 Å². The molecule has 1 aromatic carbocycles. The van der Waals surface area contributed by atoms with E-state index in [-0.39, 0.29) is 16.2 Å². The topological polar surface area (TPSA) is 89.3 Å². The van der Waals surface area contributed by atoms with E-state index in [0.717, 1.165) is 3.97 Å². The molecule has 0 unspecified atom stereocenters. The van der Waals surface area contributed by atoms with Gasteiger partial charge < -0.3 is 5.11 Å². The Morgan fingerprint density at radius 3 is 2.42 bits per heavy atom. The van der Waals surface area contributed by atoms with Gasteiger partial charge in [-0.3, -0.25) is 4.98 Å². The zero-order valence-electron chi connectivity index (χ0n) is 12.7. The number of hydrogen-bond donors (Lipinski definition) is 1. The van der Waals surface area contributed by atoms with Crippen molar-refractivity contribution in [2.45, 2.75) is 11.8 Å². The second-order valence-corrected chi connectivity index (χ2v) is 6.94. The minimum atomic E-state index is -3.97. The number of aromatic carboxylic acids is 1. The summed E-state index contributed by atoms with van der Waals surface area (Å²) in [6.07, 6.45) is 2.71. The zero-order chi connectivity index (χ0) is 17.3. The van der Waals surface area contributed by atoms with Gasteiger partial charge in [-0.2, -0.15) is 0 Å². The van der Waals surface area contributed by atoms with Crippen LogP contribution in [0.25, 0.3) is 11.3 Å². The van der Waals surface area contributed by atoms with Crippen LogP contribution in [0.1, 0.15) is 16.1 Å². The van der Waals surface area contributed by atoms with Gasteiger partial charge >= 0.3 is 5.97 Å². The summed E-state index contributed by atoms with van der Waals surface area (Å²) >= 11 is 0. The summed E-state index contributed by atoms with van der Waals surface area (Å²) in [5.41, 5.74) is 1.00. The van der Waals surface area contributed by atoms with Crippen molar-refractivity contribution >= 4 is 16.0 Å². The number of aromatic nitrogens is 2. The van der Waals surface area contributed by atoms with Crippen molar-refractivity contribution in [2.75, 3.05) is 0 Å². The normalized spacial score (nSPS) is 11.4. The molecule has 3 aromatic rings. The SMILES string of the molecule is Cc1c(C(=O)O)cc(-c2ccccc2)n1S(=O)(=O)c1cccnc1. The number of hydrogen-bond acceptors (Lipinski definition) is 4. The second kappa shape index (κ2) is 5.93. The molecule has 0 fully saturated rings. The molecule has 0 saturated carbocycles. The molecule has 0 aliphatic carbocycles. The van der Waals surface area contributed by atoms with Gasteiger partial charge in [0.25, 0.3) is 10.0 Å². The van der Waals surface area contributed by atoms with Crippen LogP contribution in [0.2, 0.25) is 0 Å². The fourth-order valence-corrected chi connectivity index (χ4v) is 4.06. The monoisotopic (exact) mass is 342 g/mol. The second-order valence-electron chi connectivity index (χ2n) is 5.16. The Morgan fingerprint density at radius 1 is 1.12 bits per heavy atom. The number of benzene rings is 1. The molecule has 3 rings (SSSR count). The van der Waals surface area contributed by atoms with Gasteiger partial charge in [0.1, 0.15) is 4.90 Å². The van der Waals surface area contributed by atoms with Crippen molar-refractivity contribution in [3.63, 3.8) is 0 Å². The van der Waals surface area contributed by atoms with E-state index in [1.165, 1.54) is 37.5 Å². The molecular weight excluding hydrogens is 328 g/mol. The van der Waals surface area contributed by atoms with Crippen molar-refractivity contribution in [2.24, 2.45) is 0 Å². The highest BCUT2D eigenvalue weighted by Crippen LogP contribution is 2.30. The third-order valence-corrected chi connectivity index (χ3v) is 5.46. The van der Waals surface area contributed by atoms with Crippen LogP contribution in [0, 0.1) is 6.92 Å². The highest BCUT2D eigenvalue weighted by molar-refractivity contribution is 7.90. The van der Waals surface area contributed by atoms with Crippen molar-refractivity contribution in [1.29, 1.82) is 0 Å². The highest BCUT2D eigenvalue weighted by Gasteiger charge is 2.27. The van der Waals surface area contributed by atoms with Crippen LogP contribution in [0.3, 0.4) is 0 Å². The van der Waals surface area contributed by atoms with Gasteiger partial charge in [-0.1, -0.05) is 30.3 Å². The lowest BCUT2D eigenvalue weighted by atomic mass is 10.1. The van der Waals surface area contributed by atoms with Crippen LogP contribution >= 0.6 is 0 Å². The molecule has 6 nitrogen and oxygen atoms in total. The number of rotatable bonds is 4. The Morgan fingerprint density at radius 2 is 1.83 bits per heavy atom. The van der Waals surface area contributed by atoms with Gasteiger partial charge in [0.05, 0.1) is 11.3 Å². The Kier molecular flexibility index (Phi) is 3.94. The minimum Gasteiger partial charge on any atom is -0.478 e. The average Bonchev–Trinajstić information content (AvgIpc) is 2.95. The third-order valence-electron chi connectivity index (χ3n) is 3.67. The minimum absolute atomic E-state index is 0.00202. The van der Waals surface area contributed by atoms with Crippen LogP contribution in [0.4, 0.5) is 0 Å². The Hall–Kier alpha value is -2.93. The summed E-state index contributed by atoms with van der Waals surface area (Å²) in [5, 5.41) is 9.37. The van der Waals surface area contributed by atoms with E-state index in [1.54, 1.807) is 30.3 Å². The maximum Gasteiger partial charge on any atom is 0.337 e. The lowest BCUT2D eigenvalue weighted by Gasteiger charge is -2.12. The fourth-order valence-electron chi connectivity index (χ4n) is 2.53. The standard InChI is InChI=1S/C17H14N2O4S/c1-12-15(17(20)21)10-16(13-6-3-2-4-7-13)19(12)24(22,23)14-8-5-9-18-11-14/h2-11H,1H3,(H,20,21). The molecule has 0 amide bonds. The summed E-state index contributed by atoms with van der Waals surface area (Å²) in [4.78, 5) is 15.3. The van der Waals surface area contributed by atoms with Gasteiger partial charge in [-0.15, -0.1) is 0 Å². The largest absolute Gasteiger partial charge is 0.478 e. The number of carboxylic acid groups (broad SMARTS) is 1. The third kappa shape index (κ3) is 2.59. The summed E-state index contributed by atoms with van der Waals surface area (Å²) in [6, 6.07) is 13.1. The molecule has 122 valence electrons. The maximum atomic E-state index is 13.0. The number of pyridine rings is 1. The van der Waals surface area contributed by atoms with Crippen LogP contribution in [-0.2, 0) is 10.0 Å². The maximum absolute atomic E-state index is 13.0. The summed E-state index contributed by atoms with van der Waals surface area (Å²) < 4.78 is 27.1. The van der Waals surface area contributed by atoms with E-state index in [0.29, 0.717) is 11.3 Å². The molecule has 0 spiro atoms. The van der Waals surface area contributed by atoms with Crippen LogP contribution in [0.15, 0.2) is 65.8 Å². The summed E-state index contributed by atoms with van der Waals surface area (Å²) in [5.74, 6) is -1.18. The van der Waals surface area contributed by atoms with Crippen LogP contribution < -0.4 is 0 Å². The van der Waals surface area contributed by atoms with Gasteiger partial charge in [0, 0.05) is 18.1 Å². The predicted molar refractivity (Wildman–Crippen MR) is 88.4 cm³/mol. The van der Waals surface area contributed by atoms with Crippen molar-refractivity contribution < 1.29 is 18.3 Å². The highest BCUT2D eigenvalue weighted by atomic mass is 32.2. The van der Waals surface area contributed by atoms with Gasteiger partial charge in [0.2, 0.25) is 0 Å². The molecule has 24 heavy (non-hydrogen) atoms. The van der Waals surface area contributed by atoms with E-state index < -0.39 is 16.0 Å². The molecule has 0 aliphatic rings. The first-order valence-corrected chi connectivity index (χ1v) is 8.53. The number of carboxylic acids is 1. The van der Waals surface area contributed by atoms with Gasteiger partial charge in [-0.05, 0) is 30.7 Å². The predicted octanol–water partition coefficient (Wildman–Crippen LogP) is 2.79. The first kappa shape index (κ1) is 15.9. The van der Waals surface area contributed by atoms with E-state index in [9.17, 15) is 18.3 Å². The van der Waals surface area contributed by atoms with Crippen molar-refractivity contribution in [1.82, 2.24) is 8.96 Å². The molecule has 0 aliphatic heterocycles. The first-order chi connectivity index (χ1) is 11.4. The molecule has 1 N–H and O–H groups in total. The molecule has 7 heteroatoms. The summed E-state index contributed by atoms with van der Waals surface area (Å²) in [6.45, 7) is 1.48. The molecule has 0 bridgehead atoms. The lowest BCUT2D eigenvalue weighted by Crippen LogP contribution is -2.16. The summed E-state index contributed by atoms with van der Waals surface area (Å²) in [7, 11) is -3.97. The van der Waals surface area contributed by atoms with Crippen LogP contribution in [-0.4, -0.2) is 28.5 Å². The molecule has 2 heterocycles. The van der Waals surface area contributed by atoms with E-state index in [2.05, 4.69) is 4.98 Å². The molecule has 0 saturated heterocycles. The molecule has 0 atom stereocenters. The molecular formula is C17H14N2O4S. The van der Waals surface area contributed by atoms with E-state index in [4.69, 9.17) is 0 Å². The van der Waals surface area contributed by atoms with Gasteiger partial charge in [0.15, 0.2) is 0 Å². The van der Waals surface area contributed by atoms with Gasteiger partial charge in [-0.25, -0.2) is 17.2 Å². The lowest BCUT2D eigenvalue weighted by molar-refractivity contribution is 0.0696. The first-order valence-electron chi connectivity index (χ1n) is 7.09. The Balaban J connectivity index is 2.33. The Labute approximate surface area is 139 Å². The van der Waals surface area contributed by atoms with E-state index >= 15 is 0 Å². The molecule has 2 aromatic heterocycles. The smallest absolute Gasteiger partial charge is 0.337 e. The zero-order valence-corrected chi connectivity index (χ0v) is 13.6. The molecule has 0 radical (unpaired) electrons. The fraction of sp³-hybridized carbons (Fsp3) is 0.0588. The van der Waals surface area contributed by atoms with E-state index in [1.807, 2.05) is 0 Å². The van der Waals surface area contributed by atoms with Crippen molar-refractivity contribution in [3.05, 3.63) is 72.2 Å².